The van der Waals surface area contributed by atoms with Crippen molar-refractivity contribution in [2.24, 2.45) is 0 Å². The molecule has 1 aliphatic heterocycles. The lowest BCUT2D eigenvalue weighted by atomic mass is 10.1. The van der Waals surface area contributed by atoms with Crippen LogP contribution in [0.3, 0.4) is 0 Å². The largest absolute Gasteiger partial charge is 0.471 e. The molecule has 1 N–H and O–H groups in total. The van der Waals surface area contributed by atoms with Crippen molar-refractivity contribution in [2.45, 2.75) is 38.4 Å². The molecule has 1 atom stereocenters. The molecule has 7 nitrogen and oxygen atoms in total. The Kier molecular flexibility index (Phi) is 5.66. The summed E-state index contributed by atoms with van der Waals surface area (Å²) in [6.07, 6.45) is -4.21. The molecular formula is C18H19F3N4O3. The van der Waals surface area contributed by atoms with Crippen LogP contribution >= 0.6 is 0 Å². The number of carbonyl (C=O) groups excluding carboxylic acids is 2. The van der Waals surface area contributed by atoms with E-state index in [1.165, 1.54) is 0 Å². The normalized spacial score (nSPS) is 17.0. The number of amides is 2. The van der Waals surface area contributed by atoms with Crippen molar-refractivity contribution in [2.75, 3.05) is 13.1 Å². The Labute approximate surface area is 158 Å². The first-order valence-corrected chi connectivity index (χ1v) is 8.80. The number of aromatic nitrogens is 2. The number of carbonyl (C=O) groups is 2. The summed E-state index contributed by atoms with van der Waals surface area (Å²) in [6.45, 7) is 1.98. The van der Waals surface area contributed by atoms with E-state index in [2.05, 4.69) is 15.5 Å². The van der Waals surface area contributed by atoms with Crippen molar-refractivity contribution in [3.63, 3.8) is 0 Å². The summed E-state index contributed by atoms with van der Waals surface area (Å²) in [5.41, 5.74) is 1.86. The van der Waals surface area contributed by atoms with Crippen molar-refractivity contribution in [1.29, 1.82) is 0 Å². The topological polar surface area (TPSA) is 88.3 Å². The number of alkyl halides is 3. The number of nitrogens with one attached hydrogen (secondary N) is 1. The first-order valence-electron chi connectivity index (χ1n) is 8.80. The molecule has 150 valence electrons. The molecule has 1 unspecified atom stereocenters. The molecule has 1 aliphatic rings. The van der Waals surface area contributed by atoms with Gasteiger partial charge in [0.2, 0.25) is 17.7 Å². The van der Waals surface area contributed by atoms with Crippen molar-refractivity contribution in [1.82, 2.24) is 20.4 Å². The first-order chi connectivity index (χ1) is 13.3. The molecule has 1 saturated heterocycles. The van der Waals surface area contributed by atoms with Crippen LogP contribution in [0, 0.1) is 6.92 Å². The highest BCUT2D eigenvalue weighted by molar-refractivity contribution is 5.90. The van der Waals surface area contributed by atoms with E-state index in [0.29, 0.717) is 23.1 Å². The van der Waals surface area contributed by atoms with Gasteiger partial charge in [-0.25, -0.2) is 0 Å². The van der Waals surface area contributed by atoms with Crippen LogP contribution in [0.5, 0.6) is 0 Å². The predicted molar refractivity (Wildman–Crippen MR) is 92.0 cm³/mol. The van der Waals surface area contributed by atoms with Crippen molar-refractivity contribution < 1.29 is 27.2 Å². The maximum Gasteiger partial charge on any atom is 0.471 e. The van der Waals surface area contributed by atoms with E-state index >= 15 is 0 Å². The number of benzene rings is 1. The van der Waals surface area contributed by atoms with E-state index in [0.717, 1.165) is 11.1 Å². The summed E-state index contributed by atoms with van der Waals surface area (Å²) in [5, 5.41) is 10.4. The summed E-state index contributed by atoms with van der Waals surface area (Å²) in [7, 11) is 0. The second-order valence-electron chi connectivity index (χ2n) is 6.56. The third-order valence-electron chi connectivity index (χ3n) is 4.46. The minimum Gasteiger partial charge on any atom is -0.421 e. The molecule has 2 aromatic rings. The molecule has 0 radical (unpaired) electrons. The number of rotatable bonds is 5. The Balaban J connectivity index is 1.53. The SMILES string of the molecule is Cc1ccc(-c2nnc(CCNC(=O)C3CCCN3C(=O)C(F)(F)F)o2)cc1. The van der Waals surface area contributed by atoms with Gasteiger partial charge < -0.3 is 14.6 Å². The Morgan fingerprint density at radius 1 is 1.25 bits per heavy atom. The average Bonchev–Trinajstić information content (AvgIpc) is 3.30. The zero-order valence-electron chi connectivity index (χ0n) is 15.1. The molecule has 1 aromatic carbocycles. The standard InChI is InChI=1S/C18H19F3N4O3/c1-11-4-6-12(7-5-11)16-24-23-14(28-16)8-9-22-15(26)13-3-2-10-25(13)17(27)18(19,20)21/h4-7,13H,2-3,8-10H2,1H3,(H,22,26). The van der Waals surface area contributed by atoms with Crippen LogP contribution in [0.15, 0.2) is 28.7 Å². The van der Waals surface area contributed by atoms with Crippen LogP contribution in [-0.4, -0.2) is 52.2 Å². The molecule has 0 spiro atoms. The summed E-state index contributed by atoms with van der Waals surface area (Å²) in [4.78, 5) is 24.2. The molecule has 2 amide bonds. The van der Waals surface area contributed by atoms with Gasteiger partial charge in [0.05, 0.1) is 0 Å². The van der Waals surface area contributed by atoms with Gasteiger partial charge in [0.25, 0.3) is 0 Å². The van der Waals surface area contributed by atoms with Crippen LogP contribution in [0.2, 0.25) is 0 Å². The van der Waals surface area contributed by atoms with Gasteiger partial charge in [0.1, 0.15) is 6.04 Å². The molecule has 10 heteroatoms. The summed E-state index contributed by atoms with van der Waals surface area (Å²) in [5.74, 6) is -1.96. The van der Waals surface area contributed by atoms with E-state index in [4.69, 9.17) is 4.42 Å². The minimum atomic E-state index is -4.99. The highest BCUT2D eigenvalue weighted by Gasteiger charge is 2.47. The summed E-state index contributed by atoms with van der Waals surface area (Å²) < 4.78 is 43.4. The van der Waals surface area contributed by atoms with Gasteiger partial charge in [-0.15, -0.1) is 10.2 Å². The van der Waals surface area contributed by atoms with Crippen LogP contribution in [0.1, 0.15) is 24.3 Å². The van der Waals surface area contributed by atoms with Crippen molar-refractivity contribution in [3.05, 3.63) is 35.7 Å². The average molecular weight is 396 g/mol. The van der Waals surface area contributed by atoms with E-state index in [1.807, 2.05) is 31.2 Å². The fraction of sp³-hybridized carbons (Fsp3) is 0.444. The molecule has 0 bridgehead atoms. The lowest BCUT2D eigenvalue weighted by molar-refractivity contribution is -0.186. The molecule has 0 aliphatic carbocycles. The first kappa shape index (κ1) is 19.8. The summed E-state index contributed by atoms with van der Waals surface area (Å²) >= 11 is 0. The minimum absolute atomic E-state index is 0.0833. The van der Waals surface area contributed by atoms with Gasteiger partial charge in [-0.2, -0.15) is 13.2 Å². The highest BCUT2D eigenvalue weighted by atomic mass is 19.4. The zero-order valence-corrected chi connectivity index (χ0v) is 15.1. The lowest BCUT2D eigenvalue weighted by Gasteiger charge is -2.24. The van der Waals surface area contributed by atoms with Crippen LogP contribution < -0.4 is 5.32 Å². The number of hydrogen-bond acceptors (Lipinski definition) is 5. The Bertz CT molecular complexity index is 849. The van der Waals surface area contributed by atoms with Crippen LogP contribution in [0.25, 0.3) is 11.5 Å². The molecule has 2 heterocycles. The van der Waals surface area contributed by atoms with Gasteiger partial charge >= 0.3 is 12.1 Å². The van der Waals surface area contributed by atoms with E-state index < -0.39 is 24.0 Å². The molecule has 0 saturated carbocycles. The molecule has 28 heavy (non-hydrogen) atoms. The van der Waals surface area contributed by atoms with Gasteiger partial charge in [-0.05, 0) is 31.9 Å². The van der Waals surface area contributed by atoms with Gasteiger partial charge in [-0.1, -0.05) is 17.7 Å². The number of hydrogen-bond donors (Lipinski definition) is 1. The Morgan fingerprint density at radius 2 is 1.96 bits per heavy atom. The van der Waals surface area contributed by atoms with Crippen molar-refractivity contribution in [3.8, 4) is 11.5 Å². The van der Waals surface area contributed by atoms with Gasteiger partial charge in [0, 0.05) is 25.1 Å². The van der Waals surface area contributed by atoms with Gasteiger partial charge in [-0.3, -0.25) is 9.59 Å². The van der Waals surface area contributed by atoms with E-state index in [-0.39, 0.29) is 25.9 Å². The fourth-order valence-electron chi connectivity index (χ4n) is 3.02. The fourth-order valence-corrected chi connectivity index (χ4v) is 3.02. The maximum absolute atomic E-state index is 12.6. The quantitative estimate of drug-likeness (QED) is 0.838. The van der Waals surface area contributed by atoms with Gasteiger partial charge in [0.15, 0.2) is 0 Å². The van der Waals surface area contributed by atoms with E-state index in [1.54, 1.807) is 0 Å². The second kappa shape index (κ2) is 7.99. The second-order valence-corrected chi connectivity index (χ2v) is 6.56. The third kappa shape index (κ3) is 4.49. The number of nitrogens with zero attached hydrogens (tertiary/aromatic N) is 3. The van der Waals surface area contributed by atoms with Crippen LogP contribution in [0.4, 0.5) is 13.2 Å². The number of likely N-dealkylation sites (tertiary alicyclic amines) is 1. The Hall–Kier alpha value is -2.91. The lowest BCUT2D eigenvalue weighted by Crippen LogP contribution is -2.50. The molecule has 3 rings (SSSR count). The predicted octanol–water partition coefficient (Wildman–Crippen LogP) is 2.26. The monoisotopic (exact) mass is 396 g/mol. The molecule has 1 fully saturated rings. The smallest absolute Gasteiger partial charge is 0.421 e. The molecule has 1 aromatic heterocycles. The van der Waals surface area contributed by atoms with E-state index in [9.17, 15) is 22.8 Å². The highest BCUT2D eigenvalue weighted by Crippen LogP contribution is 2.25. The zero-order chi connectivity index (χ0) is 20.3. The maximum atomic E-state index is 12.6. The Morgan fingerprint density at radius 3 is 2.64 bits per heavy atom. The molecular weight excluding hydrogens is 377 g/mol. The number of aryl methyl sites for hydroxylation is 1. The van der Waals surface area contributed by atoms with Crippen molar-refractivity contribution >= 4 is 11.8 Å². The van der Waals surface area contributed by atoms with Crippen LogP contribution in [-0.2, 0) is 16.0 Å². The third-order valence-corrected chi connectivity index (χ3v) is 4.46. The number of halogens is 3. The summed E-state index contributed by atoms with van der Waals surface area (Å²) in [6, 6.07) is 6.41.